The number of halogens is 4. The van der Waals surface area contributed by atoms with Crippen LogP contribution in [0.2, 0.25) is 5.15 Å². The number of nitrogens with zero attached hydrogens (tertiary/aromatic N) is 6. The minimum atomic E-state index is -4.58. The van der Waals surface area contributed by atoms with Crippen molar-refractivity contribution in [3.05, 3.63) is 65.2 Å². The summed E-state index contributed by atoms with van der Waals surface area (Å²) in [4.78, 5) is 15.9. The Morgan fingerprint density at radius 2 is 1.80 bits per heavy atom. The number of aromatic nitrogens is 6. The number of fused-ring (bicyclic) bond motifs is 1. The summed E-state index contributed by atoms with van der Waals surface area (Å²) in [7, 11) is 0. The number of rotatable bonds is 5. The molecule has 11 heteroatoms. The molecule has 5 rings (SSSR count). The van der Waals surface area contributed by atoms with Gasteiger partial charge in [-0.15, -0.1) is 0 Å². The van der Waals surface area contributed by atoms with Crippen LogP contribution in [0.5, 0.6) is 0 Å². The number of nitrogens with one attached hydrogen (secondary N) is 1. The van der Waals surface area contributed by atoms with Gasteiger partial charge >= 0.3 is 6.18 Å². The van der Waals surface area contributed by atoms with Crippen LogP contribution in [0.15, 0.2) is 43.1 Å². The van der Waals surface area contributed by atoms with Gasteiger partial charge in [-0.3, -0.25) is 0 Å². The lowest BCUT2D eigenvalue weighted by Gasteiger charge is -2.27. The Morgan fingerprint density at radius 1 is 1.09 bits per heavy atom. The first-order valence-corrected chi connectivity index (χ1v) is 11.8. The second-order valence-corrected chi connectivity index (χ2v) is 8.46. The van der Waals surface area contributed by atoms with Gasteiger partial charge in [-0.05, 0) is 49.4 Å². The van der Waals surface area contributed by atoms with Gasteiger partial charge in [-0.1, -0.05) is 31.9 Å². The summed E-state index contributed by atoms with van der Waals surface area (Å²) in [5.74, 6) is -0.200. The highest BCUT2D eigenvalue weighted by molar-refractivity contribution is 6.29. The molecule has 0 amide bonds. The fourth-order valence-corrected chi connectivity index (χ4v) is 4.04. The molecular weight excluding hydrogens is 479 g/mol. The van der Waals surface area contributed by atoms with Gasteiger partial charge in [0.2, 0.25) is 5.82 Å². The molecule has 0 saturated heterocycles. The van der Waals surface area contributed by atoms with Crippen LogP contribution in [-0.2, 0) is 6.18 Å². The second-order valence-electron chi connectivity index (χ2n) is 8.07. The Balaban J connectivity index is 0.00000141. The van der Waals surface area contributed by atoms with Crippen LogP contribution in [0, 0.1) is 0 Å². The molecule has 1 unspecified atom stereocenters. The smallest absolute Gasteiger partial charge is 0.363 e. The highest BCUT2D eigenvalue weighted by Gasteiger charge is 2.34. The van der Waals surface area contributed by atoms with E-state index < -0.39 is 12.0 Å². The van der Waals surface area contributed by atoms with E-state index in [2.05, 4.69) is 36.4 Å². The summed E-state index contributed by atoms with van der Waals surface area (Å²) >= 11 is 6.03. The second kappa shape index (κ2) is 10.2. The molecule has 1 aliphatic carbocycles. The van der Waals surface area contributed by atoms with Gasteiger partial charge in [0, 0.05) is 29.5 Å². The van der Waals surface area contributed by atoms with Crippen molar-refractivity contribution in [1.29, 1.82) is 0 Å². The minimum absolute atomic E-state index is 0.388. The molecule has 1 N–H and O–H groups in total. The van der Waals surface area contributed by atoms with E-state index in [0.29, 0.717) is 22.5 Å². The standard InChI is InChI=1S/C22H19ClF3N7.C2H6/c1-12(14-9-27-21(28-10-14)22(24,25)26)31-20-17-8-15(33-6-5-18(23)32-33)7-16(13-3-2-4-13)19(17)29-11-30-20;1-2/h5-13H,2-4H2,1H3,(H,29,30,31);1-2H3. The summed E-state index contributed by atoms with van der Waals surface area (Å²) in [5.41, 5.74) is 3.30. The van der Waals surface area contributed by atoms with Crippen molar-refractivity contribution in [1.82, 2.24) is 29.7 Å². The van der Waals surface area contributed by atoms with Crippen LogP contribution in [0.25, 0.3) is 16.6 Å². The third-order valence-corrected chi connectivity index (χ3v) is 6.10. The minimum Gasteiger partial charge on any atom is -0.363 e. The lowest BCUT2D eigenvalue weighted by Crippen LogP contribution is -2.14. The molecule has 1 saturated carbocycles. The van der Waals surface area contributed by atoms with E-state index in [1.54, 1.807) is 16.9 Å². The molecule has 1 aromatic carbocycles. The van der Waals surface area contributed by atoms with Crippen LogP contribution in [0.1, 0.15) is 68.9 Å². The Morgan fingerprint density at radius 3 is 2.37 bits per heavy atom. The predicted octanol–water partition coefficient (Wildman–Crippen LogP) is 6.74. The Hall–Kier alpha value is -3.27. The summed E-state index contributed by atoms with van der Waals surface area (Å²) in [5, 5.41) is 8.77. The zero-order valence-corrected chi connectivity index (χ0v) is 20.3. The molecule has 0 bridgehead atoms. The van der Waals surface area contributed by atoms with E-state index in [9.17, 15) is 13.2 Å². The van der Waals surface area contributed by atoms with Gasteiger partial charge < -0.3 is 5.32 Å². The molecule has 1 atom stereocenters. The van der Waals surface area contributed by atoms with Crippen molar-refractivity contribution >= 4 is 28.3 Å². The molecule has 35 heavy (non-hydrogen) atoms. The normalized spacial score (nSPS) is 14.7. The molecule has 0 spiro atoms. The SMILES string of the molecule is CC.CC(Nc1ncnc2c(C3CCC3)cc(-n3ccc(Cl)n3)cc12)c1cnc(C(F)(F)F)nc1. The van der Waals surface area contributed by atoms with Crippen LogP contribution in [0.4, 0.5) is 19.0 Å². The summed E-state index contributed by atoms with van der Waals surface area (Å²) in [6.45, 7) is 5.81. The quantitative estimate of drug-likeness (QED) is 0.324. The van der Waals surface area contributed by atoms with E-state index in [-0.39, 0.29) is 6.04 Å². The highest BCUT2D eigenvalue weighted by atomic mass is 35.5. The fraction of sp³-hybridized carbons (Fsp3) is 0.375. The van der Waals surface area contributed by atoms with Crippen molar-refractivity contribution < 1.29 is 13.2 Å². The lowest BCUT2D eigenvalue weighted by atomic mass is 9.79. The molecule has 7 nitrogen and oxygen atoms in total. The maximum atomic E-state index is 12.8. The largest absolute Gasteiger partial charge is 0.451 e. The monoisotopic (exact) mass is 503 g/mol. The number of hydrogen-bond donors (Lipinski definition) is 1. The predicted molar refractivity (Wildman–Crippen MR) is 129 cm³/mol. The molecule has 3 heterocycles. The number of benzene rings is 1. The maximum absolute atomic E-state index is 12.8. The third-order valence-electron chi connectivity index (χ3n) is 5.90. The van der Waals surface area contributed by atoms with Gasteiger partial charge in [0.1, 0.15) is 12.1 Å². The van der Waals surface area contributed by atoms with Crippen LogP contribution >= 0.6 is 11.6 Å². The molecule has 1 aliphatic rings. The van der Waals surface area contributed by atoms with Crippen LogP contribution < -0.4 is 5.32 Å². The average Bonchev–Trinajstić information content (AvgIpc) is 3.25. The maximum Gasteiger partial charge on any atom is 0.451 e. The number of hydrogen-bond acceptors (Lipinski definition) is 6. The van der Waals surface area contributed by atoms with Gasteiger partial charge in [0.05, 0.1) is 17.2 Å². The molecule has 3 aromatic heterocycles. The molecule has 184 valence electrons. The van der Waals surface area contributed by atoms with Crippen molar-refractivity contribution in [3.63, 3.8) is 0 Å². The number of alkyl halides is 3. The molecule has 0 aliphatic heterocycles. The fourth-order valence-electron chi connectivity index (χ4n) is 3.90. The first-order valence-electron chi connectivity index (χ1n) is 11.5. The average molecular weight is 504 g/mol. The lowest BCUT2D eigenvalue weighted by molar-refractivity contribution is -0.145. The molecule has 4 aromatic rings. The Kier molecular flexibility index (Phi) is 7.20. The first-order chi connectivity index (χ1) is 16.8. The van der Waals surface area contributed by atoms with E-state index in [1.165, 1.54) is 25.1 Å². The van der Waals surface area contributed by atoms with E-state index in [0.717, 1.165) is 35.0 Å². The summed E-state index contributed by atoms with van der Waals surface area (Å²) in [6, 6.07) is 5.33. The zero-order chi connectivity index (χ0) is 25.2. The van der Waals surface area contributed by atoms with Gasteiger partial charge in [0.15, 0.2) is 5.15 Å². The topological polar surface area (TPSA) is 81.4 Å². The summed E-state index contributed by atoms with van der Waals surface area (Å²) < 4.78 is 40.1. The van der Waals surface area contributed by atoms with E-state index >= 15 is 0 Å². The van der Waals surface area contributed by atoms with Crippen molar-refractivity contribution in [2.75, 3.05) is 5.32 Å². The summed E-state index contributed by atoms with van der Waals surface area (Å²) in [6.07, 6.45) is 4.39. The molecule has 0 radical (unpaired) electrons. The van der Waals surface area contributed by atoms with Gasteiger partial charge in [-0.2, -0.15) is 18.3 Å². The van der Waals surface area contributed by atoms with Gasteiger partial charge in [0.25, 0.3) is 0 Å². The Bertz CT molecular complexity index is 1300. The van der Waals surface area contributed by atoms with Crippen LogP contribution in [-0.4, -0.2) is 29.7 Å². The van der Waals surface area contributed by atoms with Crippen molar-refractivity contribution in [2.45, 2.75) is 58.2 Å². The number of anilines is 1. The Labute approximate surface area is 205 Å². The highest BCUT2D eigenvalue weighted by Crippen LogP contribution is 2.41. The molecule has 1 fully saturated rings. The van der Waals surface area contributed by atoms with E-state index in [4.69, 9.17) is 11.6 Å². The first kappa shape index (κ1) is 24.8. The zero-order valence-electron chi connectivity index (χ0n) is 19.5. The van der Waals surface area contributed by atoms with Crippen molar-refractivity contribution in [3.8, 4) is 5.69 Å². The molecular formula is C24H25ClF3N7. The van der Waals surface area contributed by atoms with E-state index in [1.807, 2.05) is 26.8 Å². The third kappa shape index (κ3) is 5.22. The van der Waals surface area contributed by atoms with Crippen molar-refractivity contribution in [2.24, 2.45) is 0 Å². The van der Waals surface area contributed by atoms with Crippen LogP contribution in [0.3, 0.4) is 0 Å². The van der Waals surface area contributed by atoms with Gasteiger partial charge in [-0.25, -0.2) is 24.6 Å².